The Morgan fingerprint density at radius 3 is 2.07 bits per heavy atom. The van der Waals surface area contributed by atoms with Crippen LogP contribution in [0.4, 0.5) is 5.69 Å². The molecule has 0 saturated carbocycles. The molecule has 0 amide bonds. The van der Waals surface area contributed by atoms with Crippen molar-refractivity contribution >= 4 is 11.3 Å². The molecule has 5 heteroatoms. The molecule has 0 aromatic heterocycles. The number of rotatable bonds is 2. The summed E-state index contributed by atoms with van der Waals surface area (Å²) in [6, 6.07) is 13.9. The van der Waals surface area contributed by atoms with E-state index in [-0.39, 0.29) is 16.9 Å². The van der Waals surface area contributed by atoms with Gasteiger partial charge in [0.15, 0.2) is 11.3 Å². The highest BCUT2D eigenvalue weighted by Crippen LogP contribution is 2.45. The van der Waals surface area contributed by atoms with Crippen LogP contribution in [-0.4, -0.2) is 18.7 Å². The average Bonchev–Trinajstić information content (AvgIpc) is 2.84. The van der Waals surface area contributed by atoms with Gasteiger partial charge in [0.2, 0.25) is 0 Å². The Balaban J connectivity index is 2.02. The van der Waals surface area contributed by atoms with Crippen LogP contribution in [0.3, 0.4) is 0 Å². The van der Waals surface area contributed by atoms with Crippen LogP contribution >= 0.6 is 0 Å². The standard InChI is InChI=1S/C22H22N4O/c1-22(2)20(19(15-25)21(27-22)17(13-23)14-24)16-7-9-18(10-8-16)26-11-5-3-4-6-12-26/h7-10H,3-6,11-12H2,1-2H3. The molecule has 1 aromatic rings. The van der Waals surface area contributed by atoms with E-state index in [9.17, 15) is 15.8 Å². The van der Waals surface area contributed by atoms with Crippen LogP contribution in [0.5, 0.6) is 0 Å². The highest BCUT2D eigenvalue weighted by molar-refractivity contribution is 5.84. The maximum Gasteiger partial charge on any atom is 0.172 e. The van der Waals surface area contributed by atoms with Gasteiger partial charge >= 0.3 is 0 Å². The van der Waals surface area contributed by atoms with Gasteiger partial charge in [-0.05, 0) is 44.4 Å². The number of hydrogen-bond donors (Lipinski definition) is 0. The van der Waals surface area contributed by atoms with Crippen LogP contribution in [-0.2, 0) is 4.74 Å². The molecule has 5 nitrogen and oxygen atoms in total. The van der Waals surface area contributed by atoms with Crippen molar-refractivity contribution in [2.24, 2.45) is 0 Å². The molecule has 0 atom stereocenters. The van der Waals surface area contributed by atoms with Crippen molar-refractivity contribution in [2.75, 3.05) is 18.0 Å². The minimum absolute atomic E-state index is 0.0825. The molecule has 3 rings (SSSR count). The monoisotopic (exact) mass is 358 g/mol. The highest BCUT2D eigenvalue weighted by Gasteiger charge is 2.40. The van der Waals surface area contributed by atoms with Crippen molar-refractivity contribution in [2.45, 2.75) is 45.1 Å². The third kappa shape index (κ3) is 3.53. The average molecular weight is 358 g/mol. The molecule has 2 heterocycles. The second-order valence-electron chi connectivity index (χ2n) is 7.35. The zero-order chi connectivity index (χ0) is 19.4. The fourth-order valence-corrected chi connectivity index (χ4v) is 3.84. The molecule has 0 unspecified atom stereocenters. The molecular formula is C22H22N4O. The third-order valence-electron chi connectivity index (χ3n) is 5.13. The molecule has 0 spiro atoms. The molecule has 1 aromatic carbocycles. The van der Waals surface area contributed by atoms with Crippen molar-refractivity contribution in [1.82, 2.24) is 0 Å². The number of benzene rings is 1. The number of nitrogens with zero attached hydrogens (tertiary/aromatic N) is 4. The van der Waals surface area contributed by atoms with Crippen molar-refractivity contribution < 1.29 is 4.74 Å². The van der Waals surface area contributed by atoms with Gasteiger partial charge in [0.25, 0.3) is 0 Å². The fraction of sp³-hybridized carbons (Fsp3) is 0.409. The van der Waals surface area contributed by atoms with E-state index in [4.69, 9.17) is 4.74 Å². The Labute approximate surface area is 160 Å². The SMILES string of the molecule is CC1(C)OC(=C(C#N)C#N)C(C#N)=C1c1ccc(N2CCCCCC2)cc1. The molecule has 1 saturated heterocycles. The van der Waals surface area contributed by atoms with E-state index in [1.54, 1.807) is 0 Å². The molecule has 136 valence electrons. The molecule has 27 heavy (non-hydrogen) atoms. The maximum absolute atomic E-state index is 9.68. The summed E-state index contributed by atoms with van der Waals surface area (Å²) in [5, 5.41) is 28.0. The van der Waals surface area contributed by atoms with E-state index < -0.39 is 5.60 Å². The first-order valence-corrected chi connectivity index (χ1v) is 9.26. The van der Waals surface area contributed by atoms with Gasteiger partial charge in [-0.25, -0.2) is 0 Å². The van der Waals surface area contributed by atoms with Gasteiger partial charge in [-0.3, -0.25) is 0 Å². The third-order valence-corrected chi connectivity index (χ3v) is 5.13. The second-order valence-corrected chi connectivity index (χ2v) is 7.35. The van der Waals surface area contributed by atoms with Gasteiger partial charge in [-0.1, -0.05) is 25.0 Å². The van der Waals surface area contributed by atoms with Gasteiger partial charge in [-0.15, -0.1) is 0 Å². The normalized spacial score (nSPS) is 18.8. The summed E-state index contributed by atoms with van der Waals surface area (Å²) in [6.45, 7) is 5.84. The molecule has 0 bridgehead atoms. The molecular weight excluding hydrogens is 336 g/mol. The van der Waals surface area contributed by atoms with Gasteiger partial charge in [-0.2, -0.15) is 15.8 Å². The zero-order valence-electron chi connectivity index (χ0n) is 15.7. The van der Waals surface area contributed by atoms with Crippen LogP contribution in [0.15, 0.2) is 41.2 Å². The number of allylic oxidation sites excluding steroid dienone is 2. The summed E-state index contributed by atoms with van der Waals surface area (Å²) in [6.07, 6.45) is 5.00. The summed E-state index contributed by atoms with van der Waals surface area (Å²) in [7, 11) is 0. The van der Waals surface area contributed by atoms with E-state index in [0.717, 1.165) is 18.7 Å². The Morgan fingerprint density at radius 1 is 0.963 bits per heavy atom. The lowest BCUT2D eigenvalue weighted by Gasteiger charge is -2.25. The predicted octanol–water partition coefficient (Wildman–Crippen LogP) is 4.45. The van der Waals surface area contributed by atoms with Gasteiger partial charge in [0.1, 0.15) is 29.4 Å². The minimum atomic E-state index is -0.788. The van der Waals surface area contributed by atoms with E-state index >= 15 is 0 Å². The van der Waals surface area contributed by atoms with Crippen molar-refractivity contribution in [3.05, 3.63) is 46.7 Å². The topological polar surface area (TPSA) is 83.8 Å². The molecule has 0 aliphatic carbocycles. The zero-order valence-corrected chi connectivity index (χ0v) is 15.7. The van der Waals surface area contributed by atoms with Crippen molar-refractivity contribution in [3.63, 3.8) is 0 Å². The van der Waals surface area contributed by atoms with E-state index in [1.165, 1.54) is 31.4 Å². The molecule has 1 fully saturated rings. The van der Waals surface area contributed by atoms with Gasteiger partial charge < -0.3 is 9.64 Å². The summed E-state index contributed by atoms with van der Waals surface area (Å²) in [5.74, 6) is 0.0825. The highest BCUT2D eigenvalue weighted by atomic mass is 16.5. The van der Waals surface area contributed by atoms with E-state index in [1.807, 2.05) is 38.1 Å². The smallest absolute Gasteiger partial charge is 0.172 e. The first kappa shape index (κ1) is 18.6. The van der Waals surface area contributed by atoms with Crippen LogP contribution in [0, 0.1) is 34.0 Å². The molecule has 0 N–H and O–H groups in total. The second kappa shape index (κ2) is 7.56. The van der Waals surface area contributed by atoms with Crippen LogP contribution in [0.25, 0.3) is 5.57 Å². The summed E-state index contributed by atoms with van der Waals surface area (Å²) in [4.78, 5) is 2.40. The Hall–Kier alpha value is -3.23. The lowest BCUT2D eigenvalue weighted by Crippen LogP contribution is -2.24. The number of anilines is 1. The molecule has 2 aliphatic rings. The Bertz CT molecular complexity index is 893. The largest absolute Gasteiger partial charge is 0.480 e. The fourth-order valence-electron chi connectivity index (χ4n) is 3.84. The number of ether oxygens (including phenoxy) is 1. The number of nitriles is 3. The lowest BCUT2D eigenvalue weighted by molar-refractivity contribution is 0.109. The van der Waals surface area contributed by atoms with Crippen molar-refractivity contribution in [3.8, 4) is 18.2 Å². The van der Waals surface area contributed by atoms with E-state index in [0.29, 0.717) is 5.57 Å². The van der Waals surface area contributed by atoms with Crippen LogP contribution in [0.1, 0.15) is 45.1 Å². The Kier molecular flexibility index (Phi) is 5.20. The van der Waals surface area contributed by atoms with Crippen molar-refractivity contribution in [1.29, 1.82) is 15.8 Å². The summed E-state index contributed by atoms with van der Waals surface area (Å²) in [5.41, 5.74) is 2.08. The number of hydrogen-bond acceptors (Lipinski definition) is 5. The first-order valence-electron chi connectivity index (χ1n) is 9.26. The molecule has 2 aliphatic heterocycles. The van der Waals surface area contributed by atoms with Crippen LogP contribution < -0.4 is 4.90 Å². The lowest BCUT2D eigenvalue weighted by atomic mass is 9.89. The maximum atomic E-state index is 9.68. The van der Waals surface area contributed by atoms with E-state index in [2.05, 4.69) is 23.1 Å². The summed E-state index contributed by atoms with van der Waals surface area (Å²) >= 11 is 0. The minimum Gasteiger partial charge on any atom is -0.480 e. The first-order chi connectivity index (χ1) is 13.0. The summed E-state index contributed by atoms with van der Waals surface area (Å²) < 4.78 is 5.85. The predicted molar refractivity (Wildman–Crippen MR) is 103 cm³/mol. The van der Waals surface area contributed by atoms with Gasteiger partial charge in [0, 0.05) is 24.4 Å². The van der Waals surface area contributed by atoms with Gasteiger partial charge in [0.05, 0.1) is 0 Å². The molecule has 0 radical (unpaired) electrons. The quantitative estimate of drug-likeness (QED) is 0.729. The van der Waals surface area contributed by atoms with Crippen LogP contribution in [0.2, 0.25) is 0 Å². The Morgan fingerprint density at radius 2 is 1.56 bits per heavy atom.